The van der Waals surface area contributed by atoms with Crippen LogP contribution in [0, 0.1) is 6.92 Å². The number of aryl methyl sites for hydroxylation is 1. The molecule has 0 amide bonds. The monoisotopic (exact) mass is 271 g/mol. The van der Waals surface area contributed by atoms with E-state index in [-0.39, 0.29) is 0 Å². The summed E-state index contributed by atoms with van der Waals surface area (Å²) in [6.45, 7) is 7.65. The highest BCUT2D eigenvalue weighted by Crippen LogP contribution is 2.22. The van der Waals surface area contributed by atoms with Crippen molar-refractivity contribution < 1.29 is 4.74 Å². The van der Waals surface area contributed by atoms with E-state index in [0.717, 1.165) is 41.6 Å². The van der Waals surface area contributed by atoms with Crippen LogP contribution in [-0.4, -0.2) is 23.1 Å². The first-order chi connectivity index (χ1) is 9.72. The molecule has 0 radical (unpaired) electrons. The molecule has 0 saturated carbocycles. The summed E-state index contributed by atoms with van der Waals surface area (Å²) < 4.78 is 5.52. The molecule has 0 saturated heterocycles. The van der Waals surface area contributed by atoms with Crippen molar-refractivity contribution >= 4 is 5.82 Å². The number of nitrogens with one attached hydrogen (secondary N) is 1. The average molecular weight is 271 g/mol. The van der Waals surface area contributed by atoms with Crippen LogP contribution in [0.1, 0.15) is 26.0 Å². The normalized spacial score (nSPS) is 10.3. The van der Waals surface area contributed by atoms with Crippen LogP contribution in [0.5, 0.6) is 5.75 Å². The van der Waals surface area contributed by atoms with Gasteiger partial charge in [-0.2, -0.15) is 0 Å². The van der Waals surface area contributed by atoms with Crippen LogP contribution in [0.3, 0.4) is 0 Å². The third-order valence-corrected chi connectivity index (χ3v) is 2.81. The largest absolute Gasteiger partial charge is 0.494 e. The predicted octanol–water partition coefficient (Wildman–Crippen LogP) is 3.67. The van der Waals surface area contributed by atoms with Crippen LogP contribution in [0.15, 0.2) is 30.3 Å². The van der Waals surface area contributed by atoms with Crippen molar-refractivity contribution in [2.45, 2.75) is 27.2 Å². The van der Waals surface area contributed by atoms with Gasteiger partial charge in [-0.25, -0.2) is 9.97 Å². The van der Waals surface area contributed by atoms with Gasteiger partial charge in [0.05, 0.1) is 6.61 Å². The minimum Gasteiger partial charge on any atom is -0.494 e. The van der Waals surface area contributed by atoms with Gasteiger partial charge in [0.25, 0.3) is 0 Å². The molecule has 0 aliphatic carbocycles. The Morgan fingerprint density at radius 2 is 2.00 bits per heavy atom. The Morgan fingerprint density at radius 1 is 1.15 bits per heavy atom. The summed E-state index contributed by atoms with van der Waals surface area (Å²) in [5, 5.41) is 3.30. The Labute approximate surface area is 120 Å². The lowest BCUT2D eigenvalue weighted by molar-refractivity contribution is 0.340. The zero-order chi connectivity index (χ0) is 14.4. The molecule has 106 valence electrons. The van der Waals surface area contributed by atoms with Crippen LogP contribution >= 0.6 is 0 Å². The van der Waals surface area contributed by atoms with Gasteiger partial charge in [0.1, 0.15) is 11.6 Å². The van der Waals surface area contributed by atoms with Crippen molar-refractivity contribution in [1.82, 2.24) is 9.97 Å². The fraction of sp³-hybridized carbons (Fsp3) is 0.375. The first kappa shape index (κ1) is 14.3. The van der Waals surface area contributed by atoms with Crippen molar-refractivity contribution in [1.29, 1.82) is 0 Å². The van der Waals surface area contributed by atoms with Crippen LogP contribution in [0.25, 0.3) is 11.4 Å². The molecule has 0 aliphatic heterocycles. The Hall–Kier alpha value is -2.10. The molecule has 0 unspecified atom stereocenters. The topological polar surface area (TPSA) is 47.0 Å². The number of rotatable bonds is 6. The zero-order valence-electron chi connectivity index (χ0n) is 12.3. The molecule has 0 aliphatic rings. The van der Waals surface area contributed by atoms with E-state index in [2.05, 4.69) is 22.2 Å². The Morgan fingerprint density at radius 3 is 2.75 bits per heavy atom. The molecule has 0 spiro atoms. The first-order valence-corrected chi connectivity index (χ1v) is 7.05. The third kappa shape index (κ3) is 3.70. The zero-order valence-corrected chi connectivity index (χ0v) is 12.3. The first-order valence-electron chi connectivity index (χ1n) is 7.05. The second-order valence-corrected chi connectivity index (χ2v) is 4.61. The van der Waals surface area contributed by atoms with Crippen molar-refractivity contribution in [2.75, 3.05) is 18.5 Å². The van der Waals surface area contributed by atoms with Crippen LogP contribution < -0.4 is 10.1 Å². The minimum absolute atomic E-state index is 0.654. The highest BCUT2D eigenvalue weighted by Gasteiger charge is 2.06. The molecule has 1 N–H and O–H groups in total. The van der Waals surface area contributed by atoms with Gasteiger partial charge in [0, 0.05) is 23.9 Å². The lowest BCUT2D eigenvalue weighted by Gasteiger charge is -2.09. The molecule has 1 aromatic heterocycles. The van der Waals surface area contributed by atoms with Crippen molar-refractivity contribution in [2.24, 2.45) is 0 Å². The van der Waals surface area contributed by atoms with E-state index >= 15 is 0 Å². The maximum absolute atomic E-state index is 5.52. The van der Waals surface area contributed by atoms with Gasteiger partial charge in [0.2, 0.25) is 0 Å². The lowest BCUT2D eigenvalue weighted by Crippen LogP contribution is -2.04. The number of ether oxygens (including phenoxy) is 1. The molecule has 4 nitrogen and oxygen atoms in total. The van der Waals surface area contributed by atoms with E-state index in [1.54, 1.807) is 0 Å². The molecule has 1 heterocycles. The van der Waals surface area contributed by atoms with Gasteiger partial charge in [-0.3, -0.25) is 0 Å². The van der Waals surface area contributed by atoms with Crippen LogP contribution in [0.4, 0.5) is 5.82 Å². The van der Waals surface area contributed by atoms with Crippen molar-refractivity contribution in [3.63, 3.8) is 0 Å². The second-order valence-electron chi connectivity index (χ2n) is 4.61. The molecule has 20 heavy (non-hydrogen) atoms. The number of benzene rings is 1. The van der Waals surface area contributed by atoms with Gasteiger partial charge < -0.3 is 10.1 Å². The van der Waals surface area contributed by atoms with E-state index in [1.165, 1.54) is 0 Å². The third-order valence-electron chi connectivity index (χ3n) is 2.81. The second kappa shape index (κ2) is 6.89. The van der Waals surface area contributed by atoms with Gasteiger partial charge in [-0.05, 0) is 32.4 Å². The molecule has 0 fully saturated rings. The number of nitrogens with zero attached hydrogens (tertiary/aromatic N) is 2. The quantitative estimate of drug-likeness (QED) is 0.870. The molecule has 0 atom stereocenters. The average Bonchev–Trinajstić information content (AvgIpc) is 2.45. The van der Waals surface area contributed by atoms with E-state index < -0.39 is 0 Å². The molecule has 2 rings (SSSR count). The summed E-state index contributed by atoms with van der Waals surface area (Å²) in [5.41, 5.74) is 1.93. The Kier molecular flexibility index (Phi) is 4.93. The maximum Gasteiger partial charge on any atom is 0.161 e. The molecule has 2 aromatic rings. The summed E-state index contributed by atoms with van der Waals surface area (Å²) in [6, 6.07) is 9.85. The molecule has 0 bridgehead atoms. The Balaban J connectivity index is 2.31. The van der Waals surface area contributed by atoms with E-state index in [9.17, 15) is 0 Å². The summed E-state index contributed by atoms with van der Waals surface area (Å²) in [5.74, 6) is 2.44. The van der Waals surface area contributed by atoms with Crippen LogP contribution in [-0.2, 0) is 0 Å². The van der Waals surface area contributed by atoms with Crippen molar-refractivity contribution in [3.8, 4) is 17.1 Å². The molecular formula is C16H21N3O. The SMILES string of the molecule is CCCNc1cc(C)nc(-c2cccc(OCC)c2)n1. The summed E-state index contributed by atoms with van der Waals surface area (Å²) >= 11 is 0. The number of hydrogen-bond acceptors (Lipinski definition) is 4. The predicted molar refractivity (Wildman–Crippen MR) is 82.2 cm³/mol. The van der Waals surface area contributed by atoms with E-state index in [1.807, 2.05) is 44.2 Å². The van der Waals surface area contributed by atoms with Gasteiger partial charge in [-0.1, -0.05) is 19.1 Å². The standard InChI is InChI=1S/C16H21N3O/c1-4-9-17-15-10-12(3)18-16(19-15)13-7-6-8-14(11-13)20-5-2/h6-8,10-11H,4-5,9H2,1-3H3,(H,17,18,19). The van der Waals surface area contributed by atoms with E-state index in [4.69, 9.17) is 4.74 Å². The summed E-state index contributed by atoms with van der Waals surface area (Å²) in [4.78, 5) is 9.07. The number of hydrogen-bond donors (Lipinski definition) is 1. The number of anilines is 1. The van der Waals surface area contributed by atoms with Gasteiger partial charge in [-0.15, -0.1) is 0 Å². The highest BCUT2D eigenvalue weighted by atomic mass is 16.5. The summed E-state index contributed by atoms with van der Waals surface area (Å²) in [7, 11) is 0. The minimum atomic E-state index is 0.654. The van der Waals surface area contributed by atoms with Gasteiger partial charge >= 0.3 is 0 Å². The fourth-order valence-corrected chi connectivity index (χ4v) is 1.93. The van der Waals surface area contributed by atoms with Gasteiger partial charge in [0.15, 0.2) is 5.82 Å². The van der Waals surface area contributed by atoms with E-state index in [0.29, 0.717) is 6.61 Å². The maximum atomic E-state index is 5.52. The smallest absolute Gasteiger partial charge is 0.161 e. The number of aromatic nitrogens is 2. The summed E-state index contributed by atoms with van der Waals surface area (Å²) in [6.07, 6.45) is 1.07. The molecule has 4 heteroatoms. The molecular weight excluding hydrogens is 250 g/mol. The van der Waals surface area contributed by atoms with Crippen LogP contribution in [0.2, 0.25) is 0 Å². The fourth-order valence-electron chi connectivity index (χ4n) is 1.93. The Bertz CT molecular complexity index is 569. The lowest BCUT2D eigenvalue weighted by atomic mass is 10.2. The molecule has 1 aromatic carbocycles. The highest BCUT2D eigenvalue weighted by molar-refractivity contribution is 5.59. The van der Waals surface area contributed by atoms with Crippen molar-refractivity contribution in [3.05, 3.63) is 36.0 Å².